The van der Waals surface area contributed by atoms with Crippen LogP contribution in [-0.2, 0) is 19.6 Å². The van der Waals surface area contributed by atoms with Crippen molar-refractivity contribution < 1.29 is 4.39 Å². The van der Waals surface area contributed by atoms with Crippen molar-refractivity contribution in [3.05, 3.63) is 30.4 Å². The maximum absolute atomic E-state index is 12.2. The van der Waals surface area contributed by atoms with Crippen molar-refractivity contribution in [2.75, 3.05) is 12.0 Å². The Kier molecular flexibility index (Phi) is 6.51. The van der Waals surface area contributed by atoms with Crippen molar-refractivity contribution in [2.45, 2.75) is 33.5 Å². The first-order chi connectivity index (χ1) is 9.17. The highest BCUT2D eigenvalue weighted by Gasteiger charge is 2.02. The summed E-state index contributed by atoms with van der Waals surface area (Å²) < 4.78 is 15.7. The van der Waals surface area contributed by atoms with Crippen molar-refractivity contribution in [1.82, 2.24) is 19.6 Å². The van der Waals surface area contributed by atoms with Crippen LogP contribution in [0.3, 0.4) is 0 Å². The molecule has 0 aliphatic carbocycles. The van der Waals surface area contributed by atoms with Gasteiger partial charge >= 0.3 is 0 Å². The predicted octanol–water partition coefficient (Wildman–Crippen LogP) is 2.74. The van der Waals surface area contributed by atoms with Crippen molar-refractivity contribution >= 4 is 18.1 Å². The Hall–Kier alpha value is -1.56. The zero-order chi connectivity index (χ0) is 13.7. The molecular weight excluding hydrogens is 281 g/mol. The molecule has 0 radical (unpaired) electrons. The monoisotopic (exact) mass is 301 g/mol. The van der Waals surface area contributed by atoms with E-state index < -0.39 is 6.67 Å². The molecule has 0 saturated carbocycles. The molecule has 5 nitrogen and oxygen atoms in total. The zero-order valence-corrected chi connectivity index (χ0v) is 12.6. The number of alkyl halides is 1. The fourth-order valence-electron chi connectivity index (χ4n) is 1.84. The van der Waals surface area contributed by atoms with Crippen LogP contribution in [0, 0.1) is 5.92 Å². The van der Waals surface area contributed by atoms with Gasteiger partial charge in [0.2, 0.25) is 0 Å². The quantitative estimate of drug-likeness (QED) is 0.855. The predicted molar refractivity (Wildman–Crippen MR) is 79.8 cm³/mol. The summed E-state index contributed by atoms with van der Waals surface area (Å²) in [5.41, 5.74) is 2.02. The number of nitrogens with zero attached hydrogens (tertiary/aromatic N) is 4. The van der Waals surface area contributed by atoms with E-state index in [1.165, 1.54) is 0 Å². The molecule has 0 atom stereocenters. The summed E-state index contributed by atoms with van der Waals surface area (Å²) in [6.07, 6.45) is 7.41. The molecule has 0 spiro atoms. The van der Waals surface area contributed by atoms with Gasteiger partial charge in [0.15, 0.2) is 0 Å². The summed E-state index contributed by atoms with van der Waals surface area (Å²) in [4.78, 5) is 0. The number of anilines is 1. The Bertz CT molecular complexity index is 508. The summed E-state index contributed by atoms with van der Waals surface area (Å²) in [5.74, 6) is 0.583. The molecule has 112 valence electrons. The summed E-state index contributed by atoms with van der Waals surface area (Å²) in [7, 11) is 0. The maximum atomic E-state index is 12.2. The Morgan fingerprint density at radius 2 is 1.95 bits per heavy atom. The summed E-state index contributed by atoms with van der Waals surface area (Å²) in [6.45, 7) is 5.85. The largest absolute Gasteiger partial charge is 0.378 e. The van der Waals surface area contributed by atoms with Crippen LogP contribution in [0.25, 0.3) is 0 Å². The third kappa shape index (κ3) is 4.85. The number of nitrogens with one attached hydrogen (secondary N) is 1. The smallest absolute Gasteiger partial charge is 0.109 e. The van der Waals surface area contributed by atoms with Crippen LogP contribution < -0.4 is 5.32 Å². The Morgan fingerprint density at radius 1 is 1.20 bits per heavy atom. The molecule has 0 aliphatic heterocycles. The SMILES string of the molecule is CC(C)Cn1cc(CNc2cnn(CCF)c2)cn1.Cl. The van der Waals surface area contributed by atoms with Crippen molar-refractivity contribution in [2.24, 2.45) is 5.92 Å². The Labute approximate surface area is 124 Å². The van der Waals surface area contributed by atoms with Crippen molar-refractivity contribution in [3.63, 3.8) is 0 Å². The first-order valence-corrected chi connectivity index (χ1v) is 6.51. The average molecular weight is 302 g/mol. The van der Waals surface area contributed by atoms with E-state index in [1.54, 1.807) is 17.1 Å². The van der Waals surface area contributed by atoms with Gasteiger partial charge in [0.25, 0.3) is 0 Å². The van der Waals surface area contributed by atoms with Crippen LogP contribution in [-0.4, -0.2) is 26.2 Å². The van der Waals surface area contributed by atoms with Gasteiger partial charge in [-0.2, -0.15) is 10.2 Å². The summed E-state index contributed by atoms with van der Waals surface area (Å²) in [6, 6.07) is 0. The van der Waals surface area contributed by atoms with Gasteiger partial charge in [-0.3, -0.25) is 9.36 Å². The molecule has 2 rings (SSSR count). The van der Waals surface area contributed by atoms with E-state index >= 15 is 0 Å². The van der Waals surface area contributed by atoms with Crippen LogP contribution in [0.15, 0.2) is 24.8 Å². The molecule has 7 heteroatoms. The first kappa shape index (κ1) is 16.5. The highest BCUT2D eigenvalue weighted by molar-refractivity contribution is 5.85. The molecule has 2 aromatic rings. The van der Waals surface area contributed by atoms with Crippen molar-refractivity contribution in [3.8, 4) is 0 Å². The fraction of sp³-hybridized carbons (Fsp3) is 0.538. The van der Waals surface area contributed by atoms with Crippen molar-refractivity contribution in [1.29, 1.82) is 0 Å². The van der Waals surface area contributed by atoms with Crippen LogP contribution in [0.2, 0.25) is 0 Å². The molecule has 0 unspecified atom stereocenters. The standard InChI is InChI=1S/C13H20FN5.ClH/c1-11(2)8-19-9-12(6-16-19)5-15-13-7-17-18(10-13)4-3-14;/h6-7,9-11,15H,3-5,8H2,1-2H3;1H. The van der Waals surface area contributed by atoms with Gasteiger partial charge in [-0.25, -0.2) is 4.39 Å². The number of rotatable bonds is 7. The minimum Gasteiger partial charge on any atom is -0.378 e. The minimum atomic E-state index is -0.400. The van der Waals surface area contributed by atoms with Crippen LogP contribution >= 0.6 is 12.4 Å². The van der Waals surface area contributed by atoms with Gasteiger partial charge in [-0.05, 0) is 5.92 Å². The number of aryl methyl sites for hydroxylation is 1. The summed E-state index contributed by atoms with van der Waals surface area (Å²) in [5, 5.41) is 11.6. The molecular formula is C13H21ClFN5. The second-order valence-electron chi connectivity index (χ2n) is 5.00. The van der Waals surface area contributed by atoms with E-state index in [0.29, 0.717) is 19.0 Å². The van der Waals surface area contributed by atoms with E-state index in [4.69, 9.17) is 0 Å². The molecule has 2 aromatic heterocycles. The van der Waals surface area contributed by atoms with Crippen LogP contribution in [0.1, 0.15) is 19.4 Å². The molecule has 2 heterocycles. The fourth-order valence-corrected chi connectivity index (χ4v) is 1.84. The van der Waals surface area contributed by atoms with Gasteiger partial charge in [0.05, 0.1) is 24.6 Å². The molecule has 0 fully saturated rings. The van der Waals surface area contributed by atoms with Crippen LogP contribution in [0.4, 0.5) is 10.1 Å². The number of aromatic nitrogens is 4. The second-order valence-corrected chi connectivity index (χ2v) is 5.00. The first-order valence-electron chi connectivity index (χ1n) is 6.51. The molecule has 20 heavy (non-hydrogen) atoms. The normalized spacial score (nSPS) is 10.6. The average Bonchev–Trinajstić information content (AvgIpc) is 2.96. The van der Waals surface area contributed by atoms with Gasteiger partial charge in [-0.15, -0.1) is 12.4 Å². The molecule has 0 saturated heterocycles. The van der Waals surface area contributed by atoms with Gasteiger partial charge in [-0.1, -0.05) is 13.8 Å². The zero-order valence-electron chi connectivity index (χ0n) is 11.8. The van der Waals surface area contributed by atoms with E-state index in [-0.39, 0.29) is 12.4 Å². The molecule has 0 aromatic carbocycles. The Balaban J connectivity index is 0.00000200. The van der Waals surface area contributed by atoms with E-state index in [9.17, 15) is 4.39 Å². The van der Waals surface area contributed by atoms with E-state index in [1.807, 2.05) is 17.1 Å². The molecule has 0 aliphatic rings. The Morgan fingerprint density at radius 3 is 2.65 bits per heavy atom. The summed E-state index contributed by atoms with van der Waals surface area (Å²) >= 11 is 0. The number of hydrogen-bond acceptors (Lipinski definition) is 3. The highest BCUT2D eigenvalue weighted by Crippen LogP contribution is 2.08. The lowest BCUT2D eigenvalue weighted by Gasteiger charge is -2.03. The topological polar surface area (TPSA) is 47.7 Å². The van der Waals surface area contributed by atoms with Gasteiger partial charge in [0, 0.05) is 31.0 Å². The van der Waals surface area contributed by atoms with E-state index in [2.05, 4.69) is 29.4 Å². The molecule has 0 amide bonds. The maximum Gasteiger partial charge on any atom is 0.109 e. The lowest BCUT2D eigenvalue weighted by molar-refractivity contribution is 0.427. The lowest BCUT2D eigenvalue weighted by atomic mass is 10.2. The lowest BCUT2D eigenvalue weighted by Crippen LogP contribution is -2.04. The minimum absolute atomic E-state index is 0. The third-order valence-corrected chi connectivity index (χ3v) is 2.68. The number of hydrogen-bond donors (Lipinski definition) is 1. The second kappa shape index (κ2) is 7.89. The highest BCUT2D eigenvalue weighted by atomic mass is 35.5. The van der Waals surface area contributed by atoms with E-state index in [0.717, 1.165) is 17.8 Å². The number of halogens is 2. The molecule has 1 N–H and O–H groups in total. The van der Waals surface area contributed by atoms with Gasteiger partial charge in [0.1, 0.15) is 6.67 Å². The third-order valence-electron chi connectivity index (χ3n) is 2.68. The van der Waals surface area contributed by atoms with Gasteiger partial charge < -0.3 is 5.32 Å². The molecule has 0 bridgehead atoms. The van der Waals surface area contributed by atoms with Crippen LogP contribution in [0.5, 0.6) is 0 Å².